The van der Waals surface area contributed by atoms with Crippen molar-refractivity contribution < 1.29 is 29.6 Å². The molecule has 2 aliphatic heterocycles. The predicted octanol–water partition coefficient (Wildman–Crippen LogP) is 5.14. The Labute approximate surface area is 246 Å². The Hall–Kier alpha value is -0.890. The number of aliphatic hydroxyl groups is 3. The van der Waals surface area contributed by atoms with Crippen molar-refractivity contribution in [3.8, 4) is 0 Å². The van der Waals surface area contributed by atoms with Gasteiger partial charge >= 0.3 is 6.09 Å². The highest BCUT2D eigenvalue weighted by molar-refractivity contribution is 5.68. The zero-order valence-electron chi connectivity index (χ0n) is 26.5. The number of rotatable bonds is 3. The molecular weight excluding hydrogens is 518 g/mol. The van der Waals surface area contributed by atoms with Gasteiger partial charge in [-0.1, -0.05) is 34.6 Å². The fourth-order valence-electron chi connectivity index (χ4n) is 12.9. The fraction of sp³-hybridized carbons (Fsp3) is 0.971. The monoisotopic (exact) mass is 573 g/mol. The van der Waals surface area contributed by atoms with Gasteiger partial charge in [-0.15, -0.1) is 0 Å². The van der Waals surface area contributed by atoms with Gasteiger partial charge in [-0.3, -0.25) is 0 Å². The van der Waals surface area contributed by atoms with Crippen molar-refractivity contribution >= 4 is 6.09 Å². The number of nitrogens with zero attached hydrogens (tertiary/aromatic N) is 1. The van der Waals surface area contributed by atoms with Gasteiger partial charge in [-0.25, -0.2) is 4.79 Å². The Bertz CT molecular complexity index is 1100. The van der Waals surface area contributed by atoms with E-state index in [0.29, 0.717) is 24.2 Å². The summed E-state index contributed by atoms with van der Waals surface area (Å²) < 4.78 is 12.8. The molecule has 0 aromatic carbocycles. The molecule has 0 bridgehead atoms. The van der Waals surface area contributed by atoms with Crippen molar-refractivity contribution in [3.05, 3.63) is 0 Å². The summed E-state index contributed by atoms with van der Waals surface area (Å²) in [6, 6.07) is 0. The molecule has 1 amide bonds. The normalized spacial score (nSPS) is 54.0. The summed E-state index contributed by atoms with van der Waals surface area (Å²) in [7, 11) is 0. The number of likely N-dealkylation sites (tertiary alicyclic amines) is 1. The molecule has 41 heavy (non-hydrogen) atoms. The number of amides is 1. The van der Waals surface area contributed by atoms with Gasteiger partial charge in [0.25, 0.3) is 0 Å². The van der Waals surface area contributed by atoms with Crippen LogP contribution in [0.2, 0.25) is 0 Å². The lowest BCUT2D eigenvalue weighted by molar-refractivity contribution is -0.202. The molecule has 2 spiro atoms. The molecule has 7 heteroatoms. The fourth-order valence-corrected chi connectivity index (χ4v) is 12.9. The minimum atomic E-state index is -1.25. The SMILES string of the molecule is C[C@@H]1C[C@H]([C@H](O)C(C)(C)O)O[C@H]2[C@H]1[C@@]1(C)CC[C@@]34C[C@@]35CC[C@H](OC(=O)N3CCC3)C(C)(C)[C@@H]5CC[C@H]4[C@]1(C)[C@H]2O. The Morgan fingerprint density at radius 3 is 2.32 bits per heavy atom. The van der Waals surface area contributed by atoms with Crippen LogP contribution < -0.4 is 0 Å². The number of fused-ring (bicyclic) bond motifs is 4. The second kappa shape index (κ2) is 8.63. The van der Waals surface area contributed by atoms with Crippen molar-refractivity contribution in [1.29, 1.82) is 0 Å². The molecule has 0 aromatic heterocycles. The van der Waals surface area contributed by atoms with E-state index in [0.717, 1.165) is 51.6 Å². The van der Waals surface area contributed by atoms with Gasteiger partial charge in [0.1, 0.15) is 12.2 Å². The van der Waals surface area contributed by atoms with Gasteiger partial charge < -0.3 is 29.7 Å². The van der Waals surface area contributed by atoms with E-state index in [1.165, 1.54) is 12.8 Å². The maximum Gasteiger partial charge on any atom is 0.410 e. The molecule has 5 saturated carbocycles. The zero-order chi connectivity index (χ0) is 29.5. The number of carbonyl (C=O) groups excluding carboxylic acids is 1. The Morgan fingerprint density at radius 2 is 1.68 bits per heavy atom. The molecule has 7 rings (SSSR count). The van der Waals surface area contributed by atoms with E-state index in [2.05, 4.69) is 34.6 Å². The van der Waals surface area contributed by atoms with E-state index >= 15 is 0 Å². The second-order valence-corrected chi connectivity index (χ2v) is 17.4. The van der Waals surface area contributed by atoms with Gasteiger partial charge in [-0.2, -0.15) is 0 Å². The Morgan fingerprint density at radius 1 is 1.02 bits per heavy atom. The number of aliphatic hydroxyl groups excluding tert-OH is 2. The third-order valence-electron chi connectivity index (χ3n) is 15.2. The Kier molecular flexibility index (Phi) is 6.08. The molecule has 0 radical (unpaired) electrons. The van der Waals surface area contributed by atoms with Crippen LogP contribution in [-0.4, -0.2) is 75.5 Å². The number of hydrogen-bond donors (Lipinski definition) is 3. The van der Waals surface area contributed by atoms with E-state index < -0.39 is 23.9 Å². The van der Waals surface area contributed by atoms with Gasteiger partial charge in [-0.05, 0) is 112 Å². The first-order valence-electron chi connectivity index (χ1n) is 16.7. The smallest absolute Gasteiger partial charge is 0.410 e. The van der Waals surface area contributed by atoms with Gasteiger partial charge in [0.15, 0.2) is 0 Å². The molecule has 3 N–H and O–H groups in total. The second-order valence-electron chi connectivity index (χ2n) is 17.4. The molecule has 7 fully saturated rings. The molecule has 232 valence electrons. The van der Waals surface area contributed by atoms with Crippen LogP contribution in [0.25, 0.3) is 0 Å². The van der Waals surface area contributed by atoms with Crippen molar-refractivity contribution in [2.24, 2.45) is 50.7 Å². The third kappa shape index (κ3) is 3.44. The van der Waals surface area contributed by atoms with Crippen molar-refractivity contribution in [2.45, 2.75) is 142 Å². The average molecular weight is 574 g/mol. The predicted molar refractivity (Wildman–Crippen MR) is 155 cm³/mol. The lowest BCUT2D eigenvalue weighted by atomic mass is 9.41. The van der Waals surface area contributed by atoms with Crippen LogP contribution in [-0.2, 0) is 9.47 Å². The van der Waals surface area contributed by atoms with Gasteiger partial charge in [0.05, 0.1) is 23.9 Å². The minimum absolute atomic E-state index is 0.0294. The van der Waals surface area contributed by atoms with Crippen LogP contribution in [0.5, 0.6) is 0 Å². The molecular formula is C34H55NO6. The highest BCUT2D eigenvalue weighted by atomic mass is 16.6. The molecule has 7 nitrogen and oxygen atoms in total. The molecule has 7 aliphatic rings. The molecule has 0 unspecified atom stereocenters. The van der Waals surface area contributed by atoms with E-state index in [-0.39, 0.29) is 51.3 Å². The highest BCUT2D eigenvalue weighted by Gasteiger charge is 2.84. The summed E-state index contributed by atoms with van der Waals surface area (Å²) in [6.45, 7) is 16.8. The molecule has 2 heterocycles. The van der Waals surface area contributed by atoms with Crippen LogP contribution >= 0.6 is 0 Å². The minimum Gasteiger partial charge on any atom is -0.446 e. The first-order valence-corrected chi connectivity index (χ1v) is 16.7. The van der Waals surface area contributed by atoms with E-state index in [1.54, 1.807) is 13.8 Å². The molecule has 2 saturated heterocycles. The van der Waals surface area contributed by atoms with Crippen molar-refractivity contribution in [2.75, 3.05) is 13.1 Å². The summed E-state index contributed by atoms with van der Waals surface area (Å²) in [4.78, 5) is 14.6. The lowest BCUT2D eigenvalue weighted by Crippen LogP contribution is -2.60. The summed E-state index contributed by atoms with van der Waals surface area (Å²) >= 11 is 0. The van der Waals surface area contributed by atoms with Crippen LogP contribution in [0, 0.1) is 50.7 Å². The molecule has 0 aromatic rings. The van der Waals surface area contributed by atoms with Gasteiger partial charge in [0.2, 0.25) is 0 Å². The first kappa shape index (κ1) is 28.9. The summed E-state index contributed by atoms with van der Waals surface area (Å²) in [5.74, 6) is 1.51. The average Bonchev–Trinajstić information content (AvgIpc) is 3.48. The van der Waals surface area contributed by atoms with Crippen molar-refractivity contribution in [3.63, 3.8) is 0 Å². The van der Waals surface area contributed by atoms with Crippen LogP contribution in [0.3, 0.4) is 0 Å². The highest BCUT2D eigenvalue weighted by Crippen LogP contribution is 2.89. The summed E-state index contributed by atoms with van der Waals surface area (Å²) in [6.07, 6.45) is 7.14. The first-order chi connectivity index (χ1) is 19.0. The summed E-state index contributed by atoms with van der Waals surface area (Å²) in [5.41, 5.74) is -1.08. The largest absolute Gasteiger partial charge is 0.446 e. The van der Waals surface area contributed by atoms with E-state index in [9.17, 15) is 20.1 Å². The zero-order valence-corrected chi connectivity index (χ0v) is 26.5. The van der Waals surface area contributed by atoms with Gasteiger partial charge in [0, 0.05) is 23.9 Å². The molecule has 5 aliphatic carbocycles. The topological polar surface area (TPSA) is 99.5 Å². The van der Waals surface area contributed by atoms with Crippen LogP contribution in [0.4, 0.5) is 4.79 Å². The van der Waals surface area contributed by atoms with Crippen molar-refractivity contribution in [1.82, 2.24) is 4.90 Å². The third-order valence-corrected chi connectivity index (χ3v) is 15.2. The maximum atomic E-state index is 12.8. The molecule has 13 atom stereocenters. The Balaban J connectivity index is 1.17. The van der Waals surface area contributed by atoms with Crippen LogP contribution in [0.15, 0.2) is 0 Å². The quantitative estimate of drug-likeness (QED) is 0.432. The number of hydrogen-bond acceptors (Lipinski definition) is 6. The van der Waals surface area contributed by atoms with Crippen LogP contribution in [0.1, 0.15) is 106 Å². The number of carbonyl (C=O) groups is 1. The summed E-state index contributed by atoms with van der Waals surface area (Å²) in [5, 5.41) is 33.9. The van der Waals surface area contributed by atoms with E-state index in [4.69, 9.17) is 9.47 Å². The lowest BCUT2D eigenvalue weighted by Gasteiger charge is -2.63. The van der Waals surface area contributed by atoms with E-state index in [1.807, 2.05) is 4.90 Å². The number of ether oxygens (including phenoxy) is 2. The standard InChI is InChI=1S/C34H55NO6/c1-19-17-20(26(36)30(4,5)39)40-25-24(19)31(6)13-14-34-18-33(34)12-11-23(41-28(38)35-15-8-16-35)29(2,3)21(33)9-10-22(34)32(31,7)27(25)37/h19-27,36-37,39H,8-18H2,1-7H3/t19-,20-,21+,22+,23+,24+,25+,26+,27+,31-,32-,33-,34+/m1/s1. The maximum absolute atomic E-state index is 12.8.